The molecule has 0 aromatic carbocycles. The third-order valence-corrected chi connectivity index (χ3v) is 2.00. The highest BCUT2D eigenvalue weighted by molar-refractivity contribution is 6.31. The van der Waals surface area contributed by atoms with E-state index in [1.54, 1.807) is 12.3 Å². The van der Waals surface area contributed by atoms with Crippen LogP contribution in [0.4, 0.5) is 0 Å². The van der Waals surface area contributed by atoms with E-state index in [1.165, 1.54) is 0 Å². The van der Waals surface area contributed by atoms with E-state index in [2.05, 4.69) is 4.98 Å². The Morgan fingerprint density at radius 2 is 2.25 bits per heavy atom. The first-order valence-electron chi connectivity index (χ1n) is 3.75. The highest BCUT2D eigenvalue weighted by Gasteiger charge is 2.04. The Morgan fingerprint density at radius 1 is 1.58 bits per heavy atom. The Hall–Kier alpha value is -0.890. The minimum Gasteiger partial charge on any atom is -0.298 e. The Bertz CT molecular complexity index is 297. The number of aromatic nitrogens is 1. The fraction of sp³-hybridized carbons (Fsp3) is 0.333. The van der Waals surface area contributed by atoms with Crippen molar-refractivity contribution in [3.05, 3.63) is 28.5 Å². The highest BCUT2D eigenvalue weighted by atomic mass is 35.5. The first-order valence-corrected chi connectivity index (χ1v) is 4.13. The van der Waals surface area contributed by atoms with Crippen molar-refractivity contribution < 1.29 is 4.79 Å². The van der Waals surface area contributed by atoms with E-state index in [-0.39, 0.29) is 5.15 Å². The second-order valence-electron chi connectivity index (χ2n) is 2.92. The summed E-state index contributed by atoms with van der Waals surface area (Å²) >= 11 is 5.66. The summed E-state index contributed by atoms with van der Waals surface area (Å²) in [6.07, 6.45) is 2.42. The maximum Gasteiger partial charge on any atom is 0.153 e. The largest absolute Gasteiger partial charge is 0.298 e. The van der Waals surface area contributed by atoms with Gasteiger partial charge in [0.25, 0.3) is 0 Å². The summed E-state index contributed by atoms with van der Waals surface area (Å²) in [6, 6.07) is 1.77. The van der Waals surface area contributed by atoms with Gasteiger partial charge in [-0.05, 0) is 17.5 Å². The third-order valence-electron chi connectivity index (χ3n) is 1.68. The van der Waals surface area contributed by atoms with E-state index in [0.717, 1.165) is 11.8 Å². The molecular formula is C9H10ClNO. The van der Waals surface area contributed by atoms with Crippen LogP contribution in [0.15, 0.2) is 12.3 Å². The van der Waals surface area contributed by atoms with Crippen molar-refractivity contribution in [1.29, 1.82) is 0 Å². The molecule has 0 atom stereocenters. The van der Waals surface area contributed by atoms with Crippen LogP contribution in [-0.2, 0) is 0 Å². The Balaban J connectivity index is 3.13. The van der Waals surface area contributed by atoms with Gasteiger partial charge in [0.05, 0.1) is 5.56 Å². The van der Waals surface area contributed by atoms with Crippen LogP contribution in [0.5, 0.6) is 0 Å². The number of pyridine rings is 1. The molecule has 0 bridgehead atoms. The predicted octanol–water partition coefficient (Wildman–Crippen LogP) is 2.67. The molecule has 0 aliphatic carbocycles. The lowest BCUT2D eigenvalue weighted by Gasteiger charge is -2.04. The Kier molecular flexibility index (Phi) is 2.82. The molecule has 1 aromatic heterocycles. The average molecular weight is 184 g/mol. The molecule has 3 heteroatoms. The number of halogens is 1. The lowest BCUT2D eigenvalue weighted by molar-refractivity contribution is 0.112. The minimum atomic E-state index is 0.273. The molecule has 0 aliphatic heterocycles. The van der Waals surface area contributed by atoms with Crippen LogP contribution in [0, 0.1) is 0 Å². The van der Waals surface area contributed by atoms with Crippen molar-refractivity contribution in [2.24, 2.45) is 0 Å². The van der Waals surface area contributed by atoms with E-state index in [1.807, 2.05) is 13.8 Å². The first-order chi connectivity index (χ1) is 5.65. The van der Waals surface area contributed by atoms with Crippen molar-refractivity contribution >= 4 is 17.9 Å². The SMILES string of the molecule is CC(C)c1cnc(Cl)c(C=O)c1. The number of hydrogen-bond acceptors (Lipinski definition) is 2. The van der Waals surface area contributed by atoms with Gasteiger partial charge in [-0.3, -0.25) is 4.79 Å². The van der Waals surface area contributed by atoms with Crippen LogP contribution < -0.4 is 0 Å². The summed E-state index contributed by atoms with van der Waals surface area (Å²) in [5.74, 6) is 0.369. The van der Waals surface area contributed by atoms with E-state index in [4.69, 9.17) is 11.6 Å². The number of carbonyl (C=O) groups is 1. The summed E-state index contributed by atoms with van der Waals surface area (Å²) in [6.45, 7) is 4.08. The molecule has 0 aliphatic rings. The van der Waals surface area contributed by atoms with Crippen molar-refractivity contribution in [2.45, 2.75) is 19.8 Å². The molecular weight excluding hydrogens is 174 g/mol. The molecule has 0 spiro atoms. The van der Waals surface area contributed by atoms with Crippen LogP contribution >= 0.6 is 11.6 Å². The predicted molar refractivity (Wildman–Crippen MR) is 48.7 cm³/mol. The second-order valence-corrected chi connectivity index (χ2v) is 3.28. The summed E-state index contributed by atoms with van der Waals surface area (Å²) in [7, 11) is 0. The van der Waals surface area contributed by atoms with Crippen molar-refractivity contribution in [1.82, 2.24) is 4.98 Å². The average Bonchev–Trinajstić information content (AvgIpc) is 2.05. The molecule has 1 aromatic rings. The smallest absolute Gasteiger partial charge is 0.153 e. The van der Waals surface area contributed by atoms with Gasteiger partial charge in [-0.25, -0.2) is 4.98 Å². The Morgan fingerprint density at radius 3 is 2.75 bits per heavy atom. The maximum absolute atomic E-state index is 10.5. The molecule has 12 heavy (non-hydrogen) atoms. The van der Waals surface area contributed by atoms with Gasteiger partial charge in [0.2, 0.25) is 0 Å². The molecule has 2 nitrogen and oxygen atoms in total. The highest BCUT2D eigenvalue weighted by Crippen LogP contribution is 2.18. The molecule has 0 unspecified atom stereocenters. The Labute approximate surface area is 76.6 Å². The third kappa shape index (κ3) is 1.83. The van der Waals surface area contributed by atoms with Crippen LogP contribution in [0.25, 0.3) is 0 Å². The summed E-state index contributed by atoms with van der Waals surface area (Å²) in [4.78, 5) is 14.4. The van der Waals surface area contributed by atoms with Gasteiger partial charge in [0.15, 0.2) is 6.29 Å². The minimum absolute atomic E-state index is 0.273. The van der Waals surface area contributed by atoms with Crippen LogP contribution in [0.2, 0.25) is 5.15 Å². The maximum atomic E-state index is 10.5. The number of rotatable bonds is 2. The van der Waals surface area contributed by atoms with Gasteiger partial charge in [-0.1, -0.05) is 25.4 Å². The molecule has 0 N–H and O–H groups in total. The van der Waals surface area contributed by atoms with Crippen LogP contribution in [0.3, 0.4) is 0 Å². The topological polar surface area (TPSA) is 30.0 Å². The van der Waals surface area contributed by atoms with Gasteiger partial charge < -0.3 is 0 Å². The zero-order valence-electron chi connectivity index (χ0n) is 7.04. The van der Waals surface area contributed by atoms with Crippen molar-refractivity contribution in [3.63, 3.8) is 0 Å². The van der Waals surface area contributed by atoms with E-state index in [9.17, 15) is 4.79 Å². The lowest BCUT2D eigenvalue weighted by Crippen LogP contribution is -1.93. The lowest BCUT2D eigenvalue weighted by atomic mass is 10.0. The first kappa shape index (κ1) is 9.20. The fourth-order valence-corrected chi connectivity index (χ4v) is 1.03. The molecule has 0 fully saturated rings. The van der Waals surface area contributed by atoms with Crippen LogP contribution in [-0.4, -0.2) is 11.3 Å². The molecule has 0 radical (unpaired) electrons. The van der Waals surface area contributed by atoms with Gasteiger partial charge in [-0.2, -0.15) is 0 Å². The zero-order valence-corrected chi connectivity index (χ0v) is 7.80. The van der Waals surface area contributed by atoms with E-state index in [0.29, 0.717) is 11.5 Å². The normalized spacial score (nSPS) is 10.3. The summed E-state index contributed by atoms with van der Waals surface area (Å²) in [5.41, 5.74) is 1.49. The molecule has 1 rings (SSSR count). The molecule has 1 heterocycles. The standard InChI is InChI=1S/C9H10ClNO/c1-6(2)7-3-8(5-12)9(10)11-4-7/h3-6H,1-2H3. The molecule has 0 saturated carbocycles. The number of nitrogens with zero attached hydrogens (tertiary/aromatic N) is 1. The molecule has 0 saturated heterocycles. The second kappa shape index (κ2) is 3.68. The number of aldehydes is 1. The van der Waals surface area contributed by atoms with Gasteiger partial charge in [0, 0.05) is 6.20 Å². The summed E-state index contributed by atoms with van der Waals surface area (Å²) < 4.78 is 0. The van der Waals surface area contributed by atoms with Crippen LogP contribution in [0.1, 0.15) is 35.7 Å². The van der Waals surface area contributed by atoms with Crippen molar-refractivity contribution in [3.8, 4) is 0 Å². The van der Waals surface area contributed by atoms with Gasteiger partial charge in [-0.15, -0.1) is 0 Å². The van der Waals surface area contributed by atoms with E-state index < -0.39 is 0 Å². The van der Waals surface area contributed by atoms with Gasteiger partial charge >= 0.3 is 0 Å². The van der Waals surface area contributed by atoms with Gasteiger partial charge in [0.1, 0.15) is 5.15 Å². The zero-order chi connectivity index (χ0) is 9.14. The number of hydrogen-bond donors (Lipinski definition) is 0. The molecule has 0 amide bonds. The monoisotopic (exact) mass is 183 g/mol. The van der Waals surface area contributed by atoms with Crippen molar-refractivity contribution in [2.75, 3.05) is 0 Å². The molecule has 64 valence electrons. The fourth-order valence-electron chi connectivity index (χ4n) is 0.881. The quantitative estimate of drug-likeness (QED) is 0.521. The number of carbonyl (C=O) groups excluding carboxylic acids is 1. The summed E-state index contributed by atoms with van der Waals surface area (Å²) in [5, 5.41) is 0.273. The van der Waals surface area contributed by atoms with E-state index >= 15 is 0 Å².